The minimum absolute atomic E-state index is 0.0616. The minimum atomic E-state index is -0.877. The molecule has 1 N–H and O–H groups in total. The molecule has 1 aromatic heterocycles. The fraction of sp³-hybridized carbons (Fsp3) is 0.429. The first-order chi connectivity index (χ1) is 18.3. The summed E-state index contributed by atoms with van der Waals surface area (Å²) >= 11 is 12.7. The lowest BCUT2D eigenvalue weighted by Crippen LogP contribution is -2.43. The molecule has 0 spiro atoms. The number of nitrogens with zero attached hydrogens (tertiary/aromatic N) is 3. The Morgan fingerprint density at radius 2 is 1.97 bits per heavy atom. The van der Waals surface area contributed by atoms with E-state index in [1.54, 1.807) is 31.6 Å². The van der Waals surface area contributed by atoms with E-state index in [9.17, 15) is 9.59 Å². The van der Waals surface area contributed by atoms with E-state index in [-0.39, 0.29) is 28.9 Å². The van der Waals surface area contributed by atoms with Gasteiger partial charge in [-0.1, -0.05) is 49.8 Å². The number of anilines is 1. The van der Waals surface area contributed by atoms with Crippen molar-refractivity contribution < 1.29 is 19.1 Å². The highest BCUT2D eigenvalue weighted by atomic mass is 35.5. The number of aromatic nitrogens is 2. The number of amides is 1. The maximum absolute atomic E-state index is 12.9. The van der Waals surface area contributed by atoms with E-state index < -0.39 is 23.3 Å². The molecular formula is C28H34Cl2N4O4. The molecule has 0 aliphatic heterocycles. The molecule has 0 radical (unpaired) electrons. The summed E-state index contributed by atoms with van der Waals surface area (Å²) in [5, 5.41) is 2.42. The predicted molar refractivity (Wildman–Crippen MR) is 150 cm³/mol. The third kappa shape index (κ3) is 7.56. The van der Waals surface area contributed by atoms with Crippen molar-refractivity contribution >= 4 is 41.0 Å². The lowest BCUT2D eigenvalue weighted by Gasteiger charge is -2.31. The number of methoxy groups -OCH3 is 2. The molecule has 204 valence electrons. The molecule has 0 saturated carbocycles. The number of rotatable bonds is 11. The van der Waals surface area contributed by atoms with Gasteiger partial charge in [0.1, 0.15) is 6.04 Å². The van der Waals surface area contributed by atoms with Gasteiger partial charge in [-0.15, -0.1) is 11.6 Å². The molecule has 0 aromatic carbocycles. The van der Waals surface area contributed by atoms with Crippen molar-refractivity contribution in [1.82, 2.24) is 15.3 Å². The number of hydrogen-bond donors (Lipinski definition) is 1. The third-order valence-electron chi connectivity index (χ3n) is 6.42. The second-order valence-corrected chi connectivity index (χ2v) is 10.1. The van der Waals surface area contributed by atoms with Gasteiger partial charge in [0.2, 0.25) is 5.95 Å². The quantitative estimate of drug-likeness (QED) is 0.310. The molecule has 8 nitrogen and oxygen atoms in total. The topological polar surface area (TPSA) is 93.7 Å². The molecule has 38 heavy (non-hydrogen) atoms. The number of hydrogen-bond acceptors (Lipinski definition) is 7. The summed E-state index contributed by atoms with van der Waals surface area (Å²) in [4.78, 5) is 36.2. The van der Waals surface area contributed by atoms with Gasteiger partial charge < -0.3 is 19.7 Å². The molecular weight excluding hydrogens is 527 g/mol. The van der Waals surface area contributed by atoms with Crippen LogP contribution in [0.4, 0.5) is 5.95 Å². The summed E-state index contributed by atoms with van der Waals surface area (Å²) in [5.41, 5.74) is 2.44. The molecule has 1 amide bonds. The van der Waals surface area contributed by atoms with Gasteiger partial charge in [-0.3, -0.25) is 4.79 Å². The van der Waals surface area contributed by atoms with E-state index in [0.29, 0.717) is 19.1 Å². The van der Waals surface area contributed by atoms with Crippen molar-refractivity contribution in [2.75, 3.05) is 32.3 Å². The number of carbonyl (C=O) groups is 2. The highest BCUT2D eigenvalue weighted by Crippen LogP contribution is 2.31. The largest absolute Gasteiger partial charge is 0.467 e. The predicted octanol–water partition coefficient (Wildman–Crippen LogP) is 4.69. The Hall–Kier alpha value is -2.94. The second-order valence-electron chi connectivity index (χ2n) is 9.20. The zero-order valence-corrected chi connectivity index (χ0v) is 23.6. The number of allylic oxidation sites excluding steroid dienone is 8. The van der Waals surface area contributed by atoms with Crippen molar-refractivity contribution in [2.24, 2.45) is 11.8 Å². The van der Waals surface area contributed by atoms with Crippen LogP contribution in [-0.4, -0.2) is 60.6 Å². The van der Waals surface area contributed by atoms with Crippen LogP contribution in [0.3, 0.4) is 0 Å². The summed E-state index contributed by atoms with van der Waals surface area (Å²) in [5.74, 6) is -0.257. The maximum atomic E-state index is 12.9. The Labute approximate surface area is 234 Å². The zero-order chi connectivity index (χ0) is 27.7. The van der Waals surface area contributed by atoms with Crippen LogP contribution in [0.25, 0.3) is 0 Å². The van der Waals surface area contributed by atoms with E-state index >= 15 is 0 Å². The Morgan fingerprint density at radius 1 is 1.24 bits per heavy atom. The number of esters is 1. The van der Waals surface area contributed by atoms with Crippen LogP contribution < -0.4 is 10.2 Å². The molecule has 3 rings (SSSR count). The van der Waals surface area contributed by atoms with E-state index in [1.165, 1.54) is 7.11 Å². The highest BCUT2D eigenvalue weighted by molar-refractivity contribution is 6.36. The molecule has 10 heteroatoms. The normalized spacial score (nSPS) is 22.1. The number of carbonyl (C=O) groups excluding carboxylic acids is 2. The van der Waals surface area contributed by atoms with Crippen LogP contribution in [0.2, 0.25) is 0 Å². The van der Waals surface area contributed by atoms with Crippen molar-refractivity contribution in [2.45, 2.75) is 38.1 Å². The highest BCUT2D eigenvalue weighted by Gasteiger charge is 2.31. The SMILES string of the molecule is COCCN(C1=CC=C(/C=C/CC(NC(=O)C2=C(Cl)C=CC(C)C2Cl)C(=O)OC)CC1C)c1ncccn1. The van der Waals surface area contributed by atoms with Crippen LogP contribution in [0.1, 0.15) is 26.7 Å². The van der Waals surface area contributed by atoms with Crippen LogP contribution in [-0.2, 0) is 19.1 Å². The molecule has 4 unspecified atom stereocenters. The monoisotopic (exact) mass is 560 g/mol. The van der Waals surface area contributed by atoms with E-state index in [0.717, 1.165) is 17.7 Å². The first-order valence-corrected chi connectivity index (χ1v) is 13.3. The third-order valence-corrected chi connectivity index (χ3v) is 7.36. The average molecular weight is 562 g/mol. The van der Waals surface area contributed by atoms with Crippen molar-refractivity contribution in [3.8, 4) is 0 Å². The fourth-order valence-corrected chi connectivity index (χ4v) is 4.95. The number of nitrogens with one attached hydrogen (secondary N) is 1. The van der Waals surface area contributed by atoms with Gasteiger partial charge >= 0.3 is 5.97 Å². The average Bonchev–Trinajstić information content (AvgIpc) is 2.91. The Kier molecular flexibility index (Phi) is 11.1. The van der Waals surface area contributed by atoms with Gasteiger partial charge in [0.15, 0.2) is 0 Å². The van der Waals surface area contributed by atoms with Crippen LogP contribution in [0.15, 0.2) is 76.8 Å². The lowest BCUT2D eigenvalue weighted by atomic mass is 9.91. The molecule has 0 fully saturated rings. The van der Waals surface area contributed by atoms with Crippen molar-refractivity contribution in [1.29, 1.82) is 0 Å². The minimum Gasteiger partial charge on any atom is -0.467 e. The molecule has 0 bridgehead atoms. The van der Waals surface area contributed by atoms with Gasteiger partial charge in [0.25, 0.3) is 5.91 Å². The van der Waals surface area contributed by atoms with Gasteiger partial charge in [-0.2, -0.15) is 0 Å². The van der Waals surface area contributed by atoms with E-state index in [4.69, 9.17) is 32.7 Å². The van der Waals surface area contributed by atoms with Crippen LogP contribution >= 0.6 is 23.2 Å². The van der Waals surface area contributed by atoms with E-state index in [2.05, 4.69) is 33.2 Å². The van der Waals surface area contributed by atoms with Gasteiger partial charge in [-0.05, 0) is 42.6 Å². The first-order valence-electron chi connectivity index (χ1n) is 12.5. The maximum Gasteiger partial charge on any atom is 0.328 e. The summed E-state index contributed by atoms with van der Waals surface area (Å²) in [6.07, 6.45) is 15.9. The summed E-state index contributed by atoms with van der Waals surface area (Å²) in [7, 11) is 2.96. The first kappa shape index (κ1) is 29.6. The Balaban J connectivity index is 1.71. The van der Waals surface area contributed by atoms with Gasteiger partial charge in [0.05, 0.1) is 29.7 Å². The fourth-order valence-electron chi connectivity index (χ4n) is 4.32. The van der Waals surface area contributed by atoms with Crippen LogP contribution in [0.5, 0.6) is 0 Å². The number of ether oxygens (including phenoxy) is 2. The number of halogens is 2. The molecule has 2 aliphatic carbocycles. The Bertz CT molecular complexity index is 1150. The Morgan fingerprint density at radius 3 is 2.63 bits per heavy atom. The van der Waals surface area contributed by atoms with Crippen molar-refractivity contribution in [3.63, 3.8) is 0 Å². The van der Waals surface area contributed by atoms with Gasteiger partial charge in [-0.25, -0.2) is 14.8 Å². The van der Waals surface area contributed by atoms with Crippen molar-refractivity contribution in [3.05, 3.63) is 76.8 Å². The summed E-state index contributed by atoms with van der Waals surface area (Å²) in [6.45, 7) is 5.22. The zero-order valence-electron chi connectivity index (χ0n) is 22.1. The molecule has 0 saturated heterocycles. The van der Waals surface area contributed by atoms with Gasteiger partial charge in [0, 0.05) is 37.7 Å². The molecule has 1 aromatic rings. The molecule has 1 heterocycles. The van der Waals surface area contributed by atoms with Crippen LogP contribution in [0, 0.1) is 11.8 Å². The summed E-state index contributed by atoms with van der Waals surface area (Å²) < 4.78 is 10.2. The number of alkyl halides is 1. The summed E-state index contributed by atoms with van der Waals surface area (Å²) in [6, 6.07) is 0.911. The standard InChI is InChI=1S/C28H34Cl2N4O4/c1-18-9-11-21(29)24(25(18)30)26(35)33-22(27(36)38-4)8-5-7-20-10-12-23(19(2)17-20)34(15-16-37-3)28-31-13-6-14-32-28/h5-7,9-14,18-19,22,25H,8,15-17H2,1-4H3,(H,33,35)/b7-5+. The smallest absolute Gasteiger partial charge is 0.328 e. The molecule has 4 atom stereocenters. The molecule has 2 aliphatic rings. The van der Waals surface area contributed by atoms with E-state index in [1.807, 2.05) is 31.2 Å². The lowest BCUT2D eigenvalue weighted by molar-refractivity contribution is -0.144. The second kappa shape index (κ2) is 14.3.